The molecule has 0 atom stereocenters. The van der Waals surface area contributed by atoms with Gasteiger partial charge in [-0.25, -0.2) is 0 Å². The lowest BCUT2D eigenvalue weighted by Gasteiger charge is -2.22. The molecule has 104 valence electrons. The van der Waals surface area contributed by atoms with E-state index in [0.717, 1.165) is 33.8 Å². The van der Waals surface area contributed by atoms with E-state index < -0.39 is 0 Å². The molecule has 1 N–H and O–H groups in total. The number of fused-ring (bicyclic) bond motifs is 2. The minimum absolute atomic E-state index is 0.955. The predicted octanol–water partition coefficient (Wildman–Crippen LogP) is 3.93. The summed E-state index contributed by atoms with van der Waals surface area (Å²) in [6.45, 7) is 6.24. The fraction of sp³-hybridized carbons (Fsp3) is 0.118. The zero-order valence-corrected chi connectivity index (χ0v) is 12.1. The van der Waals surface area contributed by atoms with E-state index in [-0.39, 0.29) is 0 Å². The van der Waals surface area contributed by atoms with E-state index in [9.17, 15) is 0 Å². The van der Waals surface area contributed by atoms with Gasteiger partial charge in [0, 0.05) is 18.1 Å². The van der Waals surface area contributed by atoms with Crippen molar-refractivity contribution in [3.63, 3.8) is 0 Å². The highest BCUT2D eigenvalue weighted by atomic mass is 15.4. The number of hydrogen-bond donors (Lipinski definition) is 1. The van der Waals surface area contributed by atoms with Crippen molar-refractivity contribution in [2.75, 3.05) is 16.8 Å². The first-order valence-electron chi connectivity index (χ1n) is 6.93. The van der Waals surface area contributed by atoms with E-state index in [2.05, 4.69) is 69.0 Å². The van der Waals surface area contributed by atoms with Crippen LogP contribution in [0.1, 0.15) is 5.69 Å². The first-order valence-corrected chi connectivity index (χ1v) is 6.93. The SMILES string of the molecule is C=C1N(C)c2ccccc2N1c1ccc2[nH]nc(C)c2c1. The zero-order chi connectivity index (χ0) is 14.6. The summed E-state index contributed by atoms with van der Waals surface area (Å²) in [4.78, 5) is 4.29. The Labute approximate surface area is 123 Å². The van der Waals surface area contributed by atoms with Gasteiger partial charge in [0.2, 0.25) is 0 Å². The molecule has 21 heavy (non-hydrogen) atoms. The second-order valence-electron chi connectivity index (χ2n) is 5.34. The summed E-state index contributed by atoms with van der Waals surface area (Å²) < 4.78 is 0. The maximum atomic E-state index is 4.27. The zero-order valence-electron chi connectivity index (χ0n) is 12.1. The summed E-state index contributed by atoms with van der Waals surface area (Å²) in [5.41, 5.74) is 5.51. The molecule has 0 saturated heterocycles. The first kappa shape index (κ1) is 12.0. The van der Waals surface area contributed by atoms with Crippen molar-refractivity contribution in [1.29, 1.82) is 0 Å². The van der Waals surface area contributed by atoms with Crippen molar-refractivity contribution in [2.24, 2.45) is 0 Å². The summed E-state index contributed by atoms with van der Waals surface area (Å²) in [5.74, 6) is 0.955. The second-order valence-corrected chi connectivity index (χ2v) is 5.34. The fourth-order valence-corrected chi connectivity index (χ4v) is 2.93. The van der Waals surface area contributed by atoms with Crippen molar-refractivity contribution in [3.05, 3.63) is 60.6 Å². The van der Waals surface area contributed by atoms with Gasteiger partial charge in [-0.15, -0.1) is 0 Å². The number of hydrogen-bond acceptors (Lipinski definition) is 3. The van der Waals surface area contributed by atoms with Crippen molar-refractivity contribution in [2.45, 2.75) is 6.92 Å². The van der Waals surface area contributed by atoms with Gasteiger partial charge in [-0.05, 0) is 37.3 Å². The van der Waals surface area contributed by atoms with Crippen LogP contribution in [0.3, 0.4) is 0 Å². The highest BCUT2D eigenvalue weighted by molar-refractivity contribution is 5.92. The number of rotatable bonds is 1. The van der Waals surface area contributed by atoms with Gasteiger partial charge in [-0.2, -0.15) is 5.10 Å². The van der Waals surface area contributed by atoms with Crippen LogP contribution in [0.2, 0.25) is 0 Å². The number of H-pyrrole nitrogens is 1. The van der Waals surface area contributed by atoms with Crippen LogP contribution in [-0.2, 0) is 0 Å². The number of aryl methyl sites for hydroxylation is 1. The Kier molecular flexibility index (Phi) is 2.36. The third kappa shape index (κ3) is 1.59. The Morgan fingerprint density at radius 3 is 2.67 bits per heavy atom. The van der Waals surface area contributed by atoms with Crippen molar-refractivity contribution in [3.8, 4) is 0 Å². The lowest BCUT2D eigenvalue weighted by Crippen LogP contribution is -2.20. The van der Waals surface area contributed by atoms with Gasteiger partial charge in [-0.1, -0.05) is 18.7 Å². The van der Waals surface area contributed by atoms with E-state index in [1.54, 1.807) is 0 Å². The molecule has 4 nitrogen and oxygen atoms in total. The van der Waals surface area contributed by atoms with Gasteiger partial charge in [0.1, 0.15) is 5.82 Å². The summed E-state index contributed by atoms with van der Waals surface area (Å²) in [7, 11) is 2.04. The number of aromatic nitrogens is 2. The van der Waals surface area contributed by atoms with Gasteiger partial charge in [-0.3, -0.25) is 10.00 Å². The number of nitrogens with zero attached hydrogens (tertiary/aromatic N) is 3. The van der Waals surface area contributed by atoms with Crippen molar-refractivity contribution >= 4 is 28.0 Å². The van der Waals surface area contributed by atoms with Crippen LogP contribution in [0.25, 0.3) is 10.9 Å². The molecule has 4 rings (SSSR count). The first-order chi connectivity index (χ1) is 10.2. The van der Waals surface area contributed by atoms with Crippen LogP contribution in [0.4, 0.5) is 17.1 Å². The standard InChI is InChI=1S/C17H16N4/c1-11-14-10-13(8-9-15(14)19-18-11)21-12(2)20(3)16-6-4-5-7-17(16)21/h4-10H,2H2,1,3H3,(H,18,19). The predicted molar refractivity (Wildman–Crippen MR) is 87.0 cm³/mol. The molecular formula is C17H16N4. The molecule has 1 aromatic heterocycles. The molecule has 0 unspecified atom stereocenters. The lowest BCUT2D eigenvalue weighted by molar-refractivity contribution is 1.07. The van der Waals surface area contributed by atoms with Gasteiger partial charge in [0.05, 0.1) is 22.6 Å². The minimum Gasteiger partial charge on any atom is -0.329 e. The topological polar surface area (TPSA) is 35.2 Å². The highest BCUT2D eigenvalue weighted by Crippen LogP contribution is 2.44. The number of para-hydroxylation sites is 2. The van der Waals surface area contributed by atoms with Crippen LogP contribution in [0.5, 0.6) is 0 Å². The average Bonchev–Trinajstić information content (AvgIpc) is 2.99. The maximum Gasteiger partial charge on any atom is 0.110 e. The van der Waals surface area contributed by atoms with Crippen LogP contribution in [-0.4, -0.2) is 17.2 Å². The average molecular weight is 276 g/mol. The Morgan fingerprint density at radius 2 is 1.86 bits per heavy atom. The Bertz CT molecular complexity index is 862. The molecule has 1 aliphatic heterocycles. The summed E-state index contributed by atoms with van der Waals surface area (Å²) in [5, 5.41) is 8.45. The fourth-order valence-electron chi connectivity index (χ4n) is 2.93. The van der Waals surface area contributed by atoms with Gasteiger partial charge in [0.15, 0.2) is 0 Å². The van der Waals surface area contributed by atoms with E-state index in [1.807, 2.05) is 14.0 Å². The third-order valence-electron chi connectivity index (χ3n) is 4.12. The van der Waals surface area contributed by atoms with E-state index in [4.69, 9.17) is 0 Å². The minimum atomic E-state index is 0.955. The van der Waals surface area contributed by atoms with Gasteiger partial charge >= 0.3 is 0 Å². The molecule has 0 saturated carbocycles. The molecule has 0 spiro atoms. The molecule has 0 radical (unpaired) electrons. The molecule has 2 aromatic carbocycles. The summed E-state index contributed by atoms with van der Waals surface area (Å²) in [6.07, 6.45) is 0. The quantitative estimate of drug-likeness (QED) is 0.731. The Hall–Kier alpha value is -2.75. The summed E-state index contributed by atoms with van der Waals surface area (Å²) >= 11 is 0. The van der Waals surface area contributed by atoms with Crippen LogP contribution in [0, 0.1) is 6.92 Å². The van der Waals surface area contributed by atoms with Crippen molar-refractivity contribution in [1.82, 2.24) is 10.2 Å². The monoisotopic (exact) mass is 276 g/mol. The van der Waals surface area contributed by atoms with Gasteiger partial charge in [0.25, 0.3) is 0 Å². The highest BCUT2D eigenvalue weighted by Gasteiger charge is 2.28. The molecular weight excluding hydrogens is 260 g/mol. The van der Waals surface area contributed by atoms with E-state index in [1.165, 1.54) is 5.69 Å². The lowest BCUT2D eigenvalue weighted by atomic mass is 10.1. The number of benzene rings is 2. The molecule has 0 amide bonds. The van der Waals surface area contributed by atoms with Crippen LogP contribution >= 0.6 is 0 Å². The third-order valence-corrected chi connectivity index (χ3v) is 4.12. The van der Waals surface area contributed by atoms with Crippen molar-refractivity contribution < 1.29 is 0 Å². The molecule has 1 aliphatic rings. The largest absolute Gasteiger partial charge is 0.329 e. The number of nitrogens with one attached hydrogen (secondary N) is 1. The molecule has 4 heteroatoms. The second kappa shape index (κ2) is 4.12. The van der Waals surface area contributed by atoms with Crippen LogP contribution < -0.4 is 9.80 Å². The number of anilines is 3. The molecule has 3 aromatic rings. The van der Waals surface area contributed by atoms with E-state index in [0.29, 0.717) is 0 Å². The molecule has 0 aliphatic carbocycles. The van der Waals surface area contributed by atoms with Gasteiger partial charge < -0.3 is 4.90 Å². The Morgan fingerprint density at radius 1 is 1.10 bits per heavy atom. The molecule has 2 heterocycles. The Balaban J connectivity index is 1.92. The summed E-state index contributed by atoms with van der Waals surface area (Å²) in [6, 6.07) is 14.7. The smallest absolute Gasteiger partial charge is 0.110 e. The van der Waals surface area contributed by atoms with E-state index >= 15 is 0 Å². The normalized spacial score (nSPS) is 14.1. The molecule has 0 bridgehead atoms. The molecule has 0 fully saturated rings. The number of aromatic amines is 1. The maximum absolute atomic E-state index is 4.27. The van der Waals surface area contributed by atoms with Crippen LogP contribution in [0.15, 0.2) is 54.9 Å².